The van der Waals surface area contributed by atoms with E-state index >= 15 is 0 Å². The summed E-state index contributed by atoms with van der Waals surface area (Å²) in [6.07, 6.45) is 1.38. The first-order valence-electron chi connectivity index (χ1n) is 3.99. The number of hydrogen-bond acceptors (Lipinski definition) is 4. The summed E-state index contributed by atoms with van der Waals surface area (Å²) >= 11 is 0. The first kappa shape index (κ1) is 9.19. The Morgan fingerprint density at radius 1 is 1.67 bits per heavy atom. The van der Waals surface area contributed by atoms with Gasteiger partial charge >= 0.3 is 12.4 Å². The summed E-state index contributed by atoms with van der Waals surface area (Å²) in [5.74, 6) is -0.598. The van der Waals surface area contributed by atoms with Crippen LogP contribution in [0.3, 0.4) is 0 Å². The zero-order valence-electron chi connectivity index (χ0n) is 6.99. The van der Waals surface area contributed by atoms with Gasteiger partial charge in [-0.1, -0.05) is 0 Å². The molecule has 0 aliphatic carbocycles. The standard InChI is InChI=1S/C8H12O4/c1-6-4-7(2-3-11-6)8(10)12-5-9/h5-7H,2-4H2,1H3. The molecule has 4 nitrogen and oxygen atoms in total. The van der Waals surface area contributed by atoms with E-state index in [2.05, 4.69) is 4.74 Å². The molecule has 1 fully saturated rings. The van der Waals surface area contributed by atoms with Gasteiger partial charge in [0.1, 0.15) is 0 Å². The fourth-order valence-electron chi connectivity index (χ4n) is 1.36. The molecule has 2 unspecified atom stereocenters. The van der Waals surface area contributed by atoms with Crippen molar-refractivity contribution in [3.8, 4) is 0 Å². The molecular weight excluding hydrogens is 160 g/mol. The molecule has 0 saturated carbocycles. The largest absolute Gasteiger partial charge is 0.395 e. The van der Waals surface area contributed by atoms with Crippen molar-refractivity contribution in [1.29, 1.82) is 0 Å². The van der Waals surface area contributed by atoms with Crippen molar-refractivity contribution >= 4 is 12.4 Å². The molecular formula is C8H12O4. The fraction of sp³-hybridized carbons (Fsp3) is 0.750. The van der Waals surface area contributed by atoms with Crippen molar-refractivity contribution in [3.05, 3.63) is 0 Å². The molecule has 68 valence electrons. The predicted molar refractivity (Wildman–Crippen MR) is 40.3 cm³/mol. The van der Waals surface area contributed by atoms with Gasteiger partial charge in [-0.2, -0.15) is 0 Å². The summed E-state index contributed by atoms with van der Waals surface area (Å²) in [5.41, 5.74) is 0. The van der Waals surface area contributed by atoms with Crippen LogP contribution in [0.1, 0.15) is 19.8 Å². The number of rotatable bonds is 2. The van der Waals surface area contributed by atoms with Crippen LogP contribution >= 0.6 is 0 Å². The van der Waals surface area contributed by atoms with Crippen LogP contribution in [0.15, 0.2) is 0 Å². The highest BCUT2D eigenvalue weighted by Crippen LogP contribution is 2.20. The molecule has 0 aromatic heterocycles. The van der Waals surface area contributed by atoms with Crippen LogP contribution in [0.25, 0.3) is 0 Å². The summed E-state index contributed by atoms with van der Waals surface area (Å²) in [4.78, 5) is 20.9. The van der Waals surface area contributed by atoms with Gasteiger partial charge in [-0.05, 0) is 19.8 Å². The lowest BCUT2D eigenvalue weighted by Crippen LogP contribution is -2.29. The smallest absolute Gasteiger partial charge is 0.316 e. The third kappa shape index (κ3) is 2.30. The van der Waals surface area contributed by atoms with E-state index < -0.39 is 5.97 Å². The Balaban J connectivity index is 2.39. The minimum Gasteiger partial charge on any atom is -0.395 e. The van der Waals surface area contributed by atoms with Crippen LogP contribution in [0.4, 0.5) is 0 Å². The monoisotopic (exact) mass is 172 g/mol. The number of ether oxygens (including phenoxy) is 2. The minimum atomic E-state index is -0.430. The molecule has 0 radical (unpaired) electrons. The summed E-state index contributed by atoms with van der Waals surface area (Å²) < 4.78 is 9.49. The molecule has 1 rings (SSSR count). The second-order valence-electron chi connectivity index (χ2n) is 2.94. The van der Waals surface area contributed by atoms with Gasteiger partial charge in [-0.25, -0.2) is 0 Å². The maximum atomic E-state index is 11.0. The van der Waals surface area contributed by atoms with Crippen LogP contribution in [0.2, 0.25) is 0 Å². The van der Waals surface area contributed by atoms with Gasteiger partial charge in [0.05, 0.1) is 12.0 Å². The third-order valence-electron chi connectivity index (χ3n) is 1.98. The molecule has 0 bridgehead atoms. The van der Waals surface area contributed by atoms with Gasteiger partial charge in [0.25, 0.3) is 0 Å². The van der Waals surface area contributed by atoms with Crippen LogP contribution in [0, 0.1) is 5.92 Å². The van der Waals surface area contributed by atoms with Gasteiger partial charge < -0.3 is 9.47 Å². The second-order valence-corrected chi connectivity index (χ2v) is 2.94. The molecule has 1 aliphatic heterocycles. The van der Waals surface area contributed by atoms with E-state index in [4.69, 9.17) is 4.74 Å². The quantitative estimate of drug-likeness (QED) is 0.346. The van der Waals surface area contributed by atoms with Crippen molar-refractivity contribution in [2.24, 2.45) is 5.92 Å². The molecule has 0 N–H and O–H groups in total. The van der Waals surface area contributed by atoms with E-state index in [1.54, 1.807) is 0 Å². The maximum absolute atomic E-state index is 11.0. The molecule has 0 aromatic rings. The second kappa shape index (κ2) is 4.21. The lowest BCUT2D eigenvalue weighted by atomic mass is 9.97. The Labute approximate surface area is 70.8 Å². The Morgan fingerprint density at radius 2 is 2.42 bits per heavy atom. The van der Waals surface area contributed by atoms with Crippen LogP contribution in [0.5, 0.6) is 0 Å². The van der Waals surface area contributed by atoms with E-state index in [1.807, 2.05) is 6.92 Å². The van der Waals surface area contributed by atoms with Gasteiger partial charge in [-0.3, -0.25) is 9.59 Å². The molecule has 1 aliphatic rings. The Bertz CT molecular complexity index is 178. The summed E-state index contributed by atoms with van der Waals surface area (Å²) in [7, 11) is 0. The van der Waals surface area contributed by atoms with Crippen molar-refractivity contribution in [2.45, 2.75) is 25.9 Å². The van der Waals surface area contributed by atoms with Gasteiger partial charge in [0.2, 0.25) is 0 Å². The first-order chi connectivity index (χ1) is 5.74. The highest BCUT2D eigenvalue weighted by atomic mass is 16.6. The molecule has 4 heteroatoms. The van der Waals surface area contributed by atoms with Crippen molar-refractivity contribution < 1.29 is 19.1 Å². The van der Waals surface area contributed by atoms with Crippen molar-refractivity contribution in [2.75, 3.05) is 6.61 Å². The first-order valence-corrected chi connectivity index (χ1v) is 3.99. The van der Waals surface area contributed by atoms with E-state index in [9.17, 15) is 9.59 Å². The highest BCUT2D eigenvalue weighted by molar-refractivity contribution is 5.78. The summed E-state index contributed by atoms with van der Waals surface area (Å²) in [5, 5.41) is 0. The number of carbonyl (C=O) groups excluding carboxylic acids is 2. The van der Waals surface area contributed by atoms with Crippen LogP contribution in [-0.4, -0.2) is 25.2 Å². The normalized spacial score (nSPS) is 29.4. The van der Waals surface area contributed by atoms with Crippen LogP contribution in [-0.2, 0) is 19.1 Å². The molecule has 1 heterocycles. The molecule has 0 spiro atoms. The van der Waals surface area contributed by atoms with Gasteiger partial charge in [0, 0.05) is 6.61 Å². The number of esters is 1. The van der Waals surface area contributed by atoms with E-state index in [1.165, 1.54) is 0 Å². The highest BCUT2D eigenvalue weighted by Gasteiger charge is 2.26. The zero-order chi connectivity index (χ0) is 8.97. The Morgan fingerprint density at radius 3 is 3.00 bits per heavy atom. The molecule has 2 atom stereocenters. The van der Waals surface area contributed by atoms with Crippen molar-refractivity contribution in [1.82, 2.24) is 0 Å². The predicted octanol–water partition coefficient (Wildman–Crippen LogP) is 0.501. The fourth-order valence-corrected chi connectivity index (χ4v) is 1.36. The summed E-state index contributed by atoms with van der Waals surface area (Å²) in [6.45, 7) is 2.66. The Hall–Kier alpha value is -0.900. The molecule has 12 heavy (non-hydrogen) atoms. The topological polar surface area (TPSA) is 52.6 Å². The van der Waals surface area contributed by atoms with Gasteiger partial charge in [-0.15, -0.1) is 0 Å². The number of carbonyl (C=O) groups is 2. The van der Waals surface area contributed by atoms with E-state index in [0.29, 0.717) is 19.4 Å². The molecule has 1 saturated heterocycles. The molecule has 0 aromatic carbocycles. The minimum absolute atomic E-state index is 0.0861. The van der Waals surface area contributed by atoms with E-state index in [-0.39, 0.29) is 18.5 Å². The molecule has 0 amide bonds. The van der Waals surface area contributed by atoms with Crippen molar-refractivity contribution in [3.63, 3.8) is 0 Å². The third-order valence-corrected chi connectivity index (χ3v) is 1.98. The summed E-state index contributed by atoms with van der Waals surface area (Å²) in [6, 6.07) is 0. The lowest BCUT2D eigenvalue weighted by molar-refractivity contribution is -0.158. The maximum Gasteiger partial charge on any atom is 0.316 e. The number of hydrogen-bond donors (Lipinski definition) is 0. The zero-order valence-corrected chi connectivity index (χ0v) is 6.99. The average molecular weight is 172 g/mol. The SMILES string of the molecule is CC1CC(C(=O)OC=O)CCO1. The average Bonchev–Trinajstić information content (AvgIpc) is 2.05. The van der Waals surface area contributed by atoms with Crippen LogP contribution < -0.4 is 0 Å². The lowest BCUT2D eigenvalue weighted by Gasteiger charge is -2.24. The van der Waals surface area contributed by atoms with E-state index in [0.717, 1.165) is 0 Å². The van der Waals surface area contributed by atoms with Gasteiger partial charge in [0.15, 0.2) is 0 Å². The Kier molecular flexibility index (Phi) is 3.22.